The molecule has 1 N–H and O–H groups in total. The molecule has 1 saturated carbocycles. The Balaban J connectivity index is 1.18. The highest BCUT2D eigenvalue weighted by molar-refractivity contribution is 6.30. The van der Waals surface area contributed by atoms with Gasteiger partial charge in [0.1, 0.15) is 0 Å². The number of aryl methyl sites for hydroxylation is 1. The summed E-state index contributed by atoms with van der Waals surface area (Å²) in [7, 11) is 0. The van der Waals surface area contributed by atoms with Crippen molar-refractivity contribution in [3.05, 3.63) is 71.0 Å². The Labute approximate surface area is 188 Å². The third kappa shape index (κ3) is 5.53. The van der Waals surface area contributed by atoms with Gasteiger partial charge in [0.25, 0.3) is 0 Å². The van der Waals surface area contributed by atoms with Crippen LogP contribution < -0.4 is 5.32 Å². The molecule has 4 rings (SSSR count). The summed E-state index contributed by atoms with van der Waals surface area (Å²) in [6.07, 6.45) is 11.7. The van der Waals surface area contributed by atoms with E-state index in [9.17, 15) is 9.59 Å². The number of benzene rings is 1. The second kappa shape index (κ2) is 9.65. The predicted octanol–water partition coefficient (Wildman–Crippen LogP) is 4.13. The summed E-state index contributed by atoms with van der Waals surface area (Å²) in [5.74, 6) is 0.315. The SMILES string of the molecule is O=C(NCCCc1ccncc1)[C@@H]1CC12CCN(C(=O)/C=C/c1ccc(Cl)cc1)CC2. The van der Waals surface area contributed by atoms with E-state index < -0.39 is 0 Å². The molecule has 0 unspecified atom stereocenters. The second-order valence-corrected chi connectivity index (χ2v) is 9.02. The van der Waals surface area contributed by atoms with Crippen molar-refractivity contribution in [1.82, 2.24) is 15.2 Å². The Morgan fingerprint density at radius 3 is 2.55 bits per heavy atom. The van der Waals surface area contributed by atoms with Crippen molar-refractivity contribution in [3.63, 3.8) is 0 Å². The Morgan fingerprint density at radius 1 is 1.13 bits per heavy atom. The highest BCUT2D eigenvalue weighted by atomic mass is 35.5. The number of carbonyl (C=O) groups excluding carboxylic acids is 2. The number of piperidine rings is 1. The van der Waals surface area contributed by atoms with Crippen molar-refractivity contribution in [2.45, 2.75) is 32.1 Å². The Kier molecular flexibility index (Phi) is 6.71. The number of nitrogens with one attached hydrogen (secondary N) is 1. The second-order valence-electron chi connectivity index (χ2n) is 8.58. The molecule has 2 aliphatic rings. The molecule has 0 radical (unpaired) electrons. The van der Waals surface area contributed by atoms with Crippen LogP contribution in [0, 0.1) is 11.3 Å². The number of carbonyl (C=O) groups is 2. The standard InChI is InChI=1S/C25H28ClN3O2/c26-21-6-3-20(4-7-21)5-8-23(30)29-16-11-25(12-17-29)18-22(25)24(31)28-13-1-2-19-9-14-27-15-10-19/h3-10,14-15,22H,1-2,11-13,16-18H2,(H,28,31)/b8-5+/t22-/m0/s1. The molecular weight excluding hydrogens is 410 g/mol. The molecule has 5 nitrogen and oxygen atoms in total. The average molecular weight is 438 g/mol. The molecule has 1 aliphatic heterocycles. The van der Waals surface area contributed by atoms with Gasteiger partial charge in [-0.25, -0.2) is 0 Å². The Hall–Kier alpha value is -2.66. The molecule has 2 fully saturated rings. The van der Waals surface area contributed by atoms with E-state index in [1.54, 1.807) is 18.5 Å². The molecule has 0 bridgehead atoms. The Morgan fingerprint density at radius 2 is 1.84 bits per heavy atom. The lowest BCUT2D eigenvalue weighted by atomic mass is 9.90. The van der Waals surface area contributed by atoms with Gasteiger partial charge >= 0.3 is 0 Å². The van der Waals surface area contributed by atoms with Crippen LogP contribution in [0.2, 0.25) is 5.02 Å². The van der Waals surface area contributed by atoms with Crippen LogP contribution in [0.25, 0.3) is 6.08 Å². The minimum absolute atomic E-state index is 0.0302. The number of halogens is 1. The molecule has 1 aliphatic carbocycles. The first-order valence-electron chi connectivity index (χ1n) is 10.9. The number of hydrogen-bond acceptors (Lipinski definition) is 3. The van der Waals surface area contributed by atoms with Crippen molar-refractivity contribution in [3.8, 4) is 0 Å². The summed E-state index contributed by atoms with van der Waals surface area (Å²) in [4.78, 5) is 31.0. The van der Waals surface area contributed by atoms with Gasteiger partial charge in [-0.15, -0.1) is 0 Å². The van der Waals surface area contributed by atoms with Crippen LogP contribution in [0.4, 0.5) is 0 Å². The van der Waals surface area contributed by atoms with Gasteiger partial charge in [0.05, 0.1) is 0 Å². The van der Waals surface area contributed by atoms with Crippen LogP contribution in [-0.4, -0.2) is 41.3 Å². The van der Waals surface area contributed by atoms with E-state index >= 15 is 0 Å². The van der Waals surface area contributed by atoms with Crippen molar-refractivity contribution in [1.29, 1.82) is 0 Å². The van der Waals surface area contributed by atoms with Gasteiger partial charge in [-0.2, -0.15) is 0 Å². The van der Waals surface area contributed by atoms with Crippen LogP contribution in [0.15, 0.2) is 54.9 Å². The van der Waals surface area contributed by atoms with Gasteiger partial charge in [0.15, 0.2) is 0 Å². The predicted molar refractivity (Wildman–Crippen MR) is 122 cm³/mol. The molecule has 2 heterocycles. The summed E-state index contributed by atoms with van der Waals surface area (Å²) < 4.78 is 0. The fraction of sp³-hybridized carbons (Fsp3) is 0.400. The van der Waals surface area contributed by atoms with Gasteiger partial charge in [-0.05, 0) is 79.0 Å². The number of likely N-dealkylation sites (tertiary alicyclic amines) is 1. The van der Waals surface area contributed by atoms with Gasteiger partial charge in [-0.1, -0.05) is 23.7 Å². The van der Waals surface area contributed by atoms with E-state index in [0.29, 0.717) is 11.6 Å². The van der Waals surface area contributed by atoms with Crippen LogP contribution in [-0.2, 0) is 16.0 Å². The average Bonchev–Trinajstić information content (AvgIpc) is 3.50. The number of rotatable bonds is 7. The zero-order chi connectivity index (χ0) is 21.7. The highest BCUT2D eigenvalue weighted by Crippen LogP contribution is 2.59. The maximum atomic E-state index is 12.6. The molecular formula is C25H28ClN3O2. The minimum Gasteiger partial charge on any atom is -0.356 e. The first-order valence-corrected chi connectivity index (χ1v) is 11.3. The maximum Gasteiger partial charge on any atom is 0.246 e. The molecule has 1 spiro atoms. The number of aromatic nitrogens is 1. The van der Waals surface area contributed by atoms with E-state index in [0.717, 1.165) is 50.8 Å². The lowest BCUT2D eigenvalue weighted by molar-refractivity contribution is -0.127. The normalized spacial score (nSPS) is 19.5. The molecule has 2 aromatic rings. The quantitative estimate of drug-likeness (QED) is 0.523. The molecule has 31 heavy (non-hydrogen) atoms. The maximum absolute atomic E-state index is 12.6. The van der Waals surface area contributed by atoms with Crippen LogP contribution >= 0.6 is 11.6 Å². The van der Waals surface area contributed by atoms with Gasteiger partial charge < -0.3 is 10.2 Å². The molecule has 1 aromatic carbocycles. The van der Waals surface area contributed by atoms with Crippen LogP contribution in [0.3, 0.4) is 0 Å². The largest absolute Gasteiger partial charge is 0.356 e. The third-order valence-corrected chi connectivity index (χ3v) is 6.81. The van der Waals surface area contributed by atoms with Crippen molar-refractivity contribution in [2.24, 2.45) is 11.3 Å². The van der Waals surface area contributed by atoms with Crippen molar-refractivity contribution >= 4 is 29.5 Å². The number of hydrogen-bond donors (Lipinski definition) is 1. The number of nitrogens with zero attached hydrogens (tertiary/aromatic N) is 2. The fourth-order valence-corrected chi connectivity index (χ4v) is 4.59. The molecule has 1 aromatic heterocycles. The van der Waals surface area contributed by atoms with E-state index in [2.05, 4.69) is 10.3 Å². The van der Waals surface area contributed by atoms with Gasteiger partial charge in [0.2, 0.25) is 11.8 Å². The topological polar surface area (TPSA) is 62.3 Å². The summed E-state index contributed by atoms with van der Waals surface area (Å²) in [5.41, 5.74) is 2.30. The third-order valence-electron chi connectivity index (χ3n) is 6.56. The van der Waals surface area contributed by atoms with E-state index in [1.807, 2.05) is 47.4 Å². The zero-order valence-electron chi connectivity index (χ0n) is 17.6. The van der Waals surface area contributed by atoms with E-state index in [4.69, 9.17) is 11.6 Å². The van der Waals surface area contributed by atoms with Crippen LogP contribution in [0.1, 0.15) is 36.8 Å². The minimum atomic E-state index is 0.0302. The van der Waals surface area contributed by atoms with E-state index in [-0.39, 0.29) is 23.1 Å². The summed E-state index contributed by atoms with van der Waals surface area (Å²) in [5, 5.41) is 3.79. The first-order chi connectivity index (χ1) is 15.1. The van der Waals surface area contributed by atoms with Crippen LogP contribution in [0.5, 0.6) is 0 Å². The smallest absolute Gasteiger partial charge is 0.246 e. The molecule has 2 amide bonds. The first kappa shape index (κ1) is 21.6. The van der Waals surface area contributed by atoms with Gasteiger partial charge in [0, 0.05) is 49.0 Å². The summed E-state index contributed by atoms with van der Waals surface area (Å²) >= 11 is 5.89. The summed E-state index contributed by atoms with van der Waals surface area (Å²) in [6, 6.07) is 11.4. The molecule has 1 saturated heterocycles. The highest BCUT2D eigenvalue weighted by Gasteiger charge is 2.58. The monoisotopic (exact) mass is 437 g/mol. The number of amides is 2. The van der Waals surface area contributed by atoms with E-state index in [1.165, 1.54) is 5.56 Å². The summed E-state index contributed by atoms with van der Waals surface area (Å²) in [6.45, 7) is 2.14. The molecule has 6 heteroatoms. The Bertz CT molecular complexity index is 935. The molecule has 1 atom stereocenters. The van der Waals surface area contributed by atoms with Crippen molar-refractivity contribution in [2.75, 3.05) is 19.6 Å². The lowest BCUT2D eigenvalue weighted by Gasteiger charge is -2.32. The fourth-order valence-electron chi connectivity index (χ4n) is 4.47. The zero-order valence-corrected chi connectivity index (χ0v) is 18.4. The van der Waals surface area contributed by atoms with Crippen molar-refractivity contribution < 1.29 is 9.59 Å². The molecule has 162 valence electrons. The lowest BCUT2D eigenvalue weighted by Crippen LogP contribution is -2.40. The van der Waals surface area contributed by atoms with Gasteiger partial charge in [-0.3, -0.25) is 14.6 Å². The number of pyridine rings is 1.